The highest BCUT2D eigenvalue weighted by Crippen LogP contribution is 2.26. The van der Waals surface area contributed by atoms with E-state index in [0.717, 1.165) is 38.6 Å². The summed E-state index contributed by atoms with van der Waals surface area (Å²) < 4.78 is 0. The van der Waals surface area contributed by atoms with E-state index < -0.39 is 11.9 Å². The Morgan fingerprint density at radius 2 is 1.94 bits per heavy atom. The smallest absolute Gasteiger partial charge is 0.308 e. The largest absolute Gasteiger partial charge is 0.481 e. The lowest BCUT2D eigenvalue weighted by Crippen LogP contribution is -2.51. The second kappa shape index (κ2) is 5.49. The number of carbonyl (C=O) groups excluding carboxylic acids is 1. The van der Waals surface area contributed by atoms with Crippen LogP contribution in [0.2, 0.25) is 0 Å². The molecule has 0 aromatic rings. The average molecular weight is 240 g/mol. The van der Waals surface area contributed by atoms with Gasteiger partial charge in [0.1, 0.15) is 0 Å². The fourth-order valence-corrected chi connectivity index (χ4v) is 2.79. The van der Waals surface area contributed by atoms with Crippen molar-refractivity contribution in [2.75, 3.05) is 6.54 Å². The summed E-state index contributed by atoms with van der Waals surface area (Å²) in [5.41, 5.74) is 0. The first-order valence-corrected chi connectivity index (χ1v) is 6.45. The van der Waals surface area contributed by atoms with Crippen LogP contribution in [0, 0.1) is 5.92 Å². The van der Waals surface area contributed by atoms with Crippen molar-refractivity contribution in [3.8, 4) is 0 Å². The van der Waals surface area contributed by atoms with Crippen LogP contribution < -0.4 is 10.6 Å². The molecule has 96 valence electrons. The standard InChI is InChI=1S/C12H20N2O3/c15-11(10-5-1-2-7-13-10)14-9-6-3-4-8(9)12(16)17/h8-10,13H,1-7H2,(H,14,15)(H,16,17)/t8?,9?,10-/m0/s1. The zero-order valence-corrected chi connectivity index (χ0v) is 9.95. The molecule has 2 unspecified atom stereocenters. The molecular weight excluding hydrogens is 220 g/mol. The van der Waals surface area contributed by atoms with Gasteiger partial charge < -0.3 is 15.7 Å². The molecule has 0 aromatic heterocycles. The Bertz CT molecular complexity index is 300. The molecule has 2 rings (SSSR count). The molecule has 5 heteroatoms. The molecule has 3 atom stereocenters. The number of carboxylic acids is 1. The van der Waals surface area contributed by atoms with Gasteiger partial charge in [-0.2, -0.15) is 0 Å². The maximum Gasteiger partial charge on any atom is 0.308 e. The van der Waals surface area contributed by atoms with Gasteiger partial charge in [-0.1, -0.05) is 12.8 Å². The normalized spacial score (nSPS) is 33.3. The Morgan fingerprint density at radius 1 is 1.12 bits per heavy atom. The summed E-state index contributed by atoms with van der Waals surface area (Å²) in [7, 11) is 0. The fourth-order valence-electron chi connectivity index (χ4n) is 2.79. The zero-order valence-electron chi connectivity index (χ0n) is 9.95. The lowest BCUT2D eigenvalue weighted by molar-refractivity contribution is -0.142. The Labute approximate surface area is 101 Å². The summed E-state index contributed by atoms with van der Waals surface area (Å²) in [5, 5.41) is 15.1. The van der Waals surface area contributed by atoms with Gasteiger partial charge >= 0.3 is 5.97 Å². The molecule has 1 heterocycles. The summed E-state index contributed by atoms with van der Waals surface area (Å²) in [6, 6.07) is -0.303. The van der Waals surface area contributed by atoms with Gasteiger partial charge in [-0.15, -0.1) is 0 Å². The van der Waals surface area contributed by atoms with E-state index in [2.05, 4.69) is 10.6 Å². The van der Waals surface area contributed by atoms with Gasteiger partial charge in [0.25, 0.3) is 0 Å². The third-order valence-electron chi connectivity index (χ3n) is 3.79. The van der Waals surface area contributed by atoms with Gasteiger partial charge in [0.15, 0.2) is 0 Å². The Hall–Kier alpha value is -1.10. The molecule has 0 aromatic carbocycles. The number of hydrogen-bond donors (Lipinski definition) is 3. The Kier molecular flexibility index (Phi) is 3.99. The maximum absolute atomic E-state index is 12.0. The van der Waals surface area contributed by atoms with Crippen molar-refractivity contribution in [2.45, 2.75) is 50.6 Å². The van der Waals surface area contributed by atoms with Crippen LogP contribution in [-0.4, -0.2) is 35.6 Å². The fraction of sp³-hybridized carbons (Fsp3) is 0.833. The molecule has 5 nitrogen and oxygen atoms in total. The predicted octanol–water partition coefficient (Wildman–Crippen LogP) is 0.498. The molecule has 1 aliphatic carbocycles. The van der Waals surface area contributed by atoms with Gasteiger partial charge in [-0.25, -0.2) is 0 Å². The minimum atomic E-state index is -0.788. The van der Waals surface area contributed by atoms with Crippen LogP contribution in [0.3, 0.4) is 0 Å². The number of carboxylic acid groups (broad SMARTS) is 1. The SMILES string of the molecule is O=C(O)C1CCCC1NC(=O)[C@@H]1CCCCN1. The van der Waals surface area contributed by atoms with E-state index in [4.69, 9.17) is 5.11 Å². The first kappa shape index (κ1) is 12.4. The van der Waals surface area contributed by atoms with Crippen LogP contribution in [0.15, 0.2) is 0 Å². The quantitative estimate of drug-likeness (QED) is 0.671. The van der Waals surface area contributed by atoms with Crippen LogP contribution in [0.4, 0.5) is 0 Å². The molecule has 0 radical (unpaired) electrons. The van der Waals surface area contributed by atoms with E-state index >= 15 is 0 Å². The lowest BCUT2D eigenvalue weighted by atomic mass is 10.0. The first-order valence-electron chi connectivity index (χ1n) is 6.45. The highest BCUT2D eigenvalue weighted by Gasteiger charge is 2.35. The third-order valence-corrected chi connectivity index (χ3v) is 3.79. The van der Waals surface area contributed by atoms with Crippen molar-refractivity contribution < 1.29 is 14.7 Å². The van der Waals surface area contributed by atoms with Gasteiger partial charge in [-0.05, 0) is 32.2 Å². The molecule has 1 saturated carbocycles. The van der Waals surface area contributed by atoms with Crippen molar-refractivity contribution in [2.24, 2.45) is 5.92 Å². The summed E-state index contributed by atoms with van der Waals surface area (Å²) in [6.07, 6.45) is 5.40. The molecule has 0 spiro atoms. The van der Waals surface area contributed by atoms with E-state index in [0.29, 0.717) is 6.42 Å². The molecular formula is C12H20N2O3. The van der Waals surface area contributed by atoms with Gasteiger partial charge in [-0.3, -0.25) is 9.59 Å². The van der Waals surface area contributed by atoms with Crippen LogP contribution in [0.5, 0.6) is 0 Å². The molecule has 1 amide bonds. The van der Waals surface area contributed by atoms with Gasteiger partial charge in [0, 0.05) is 6.04 Å². The second-order valence-corrected chi connectivity index (χ2v) is 4.99. The average Bonchev–Trinajstić information content (AvgIpc) is 2.78. The molecule has 1 aliphatic heterocycles. The Balaban J connectivity index is 1.86. The summed E-state index contributed by atoms with van der Waals surface area (Å²) in [5.74, 6) is -1.21. The number of carbonyl (C=O) groups is 2. The summed E-state index contributed by atoms with van der Waals surface area (Å²) in [4.78, 5) is 23.0. The minimum absolute atomic E-state index is 0.0251. The maximum atomic E-state index is 12.0. The van der Waals surface area contributed by atoms with Crippen molar-refractivity contribution in [3.05, 3.63) is 0 Å². The predicted molar refractivity (Wildman–Crippen MR) is 62.5 cm³/mol. The number of nitrogens with one attached hydrogen (secondary N) is 2. The van der Waals surface area contributed by atoms with Gasteiger partial charge in [0.2, 0.25) is 5.91 Å². The molecule has 0 bridgehead atoms. The molecule has 17 heavy (non-hydrogen) atoms. The van der Waals surface area contributed by atoms with Crippen LogP contribution in [0.25, 0.3) is 0 Å². The third kappa shape index (κ3) is 2.97. The van der Waals surface area contributed by atoms with E-state index in [1.807, 2.05) is 0 Å². The van der Waals surface area contributed by atoms with E-state index in [9.17, 15) is 9.59 Å². The monoisotopic (exact) mass is 240 g/mol. The Morgan fingerprint density at radius 3 is 2.59 bits per heavy atom. The molecule has 1 saturated heterocycles. The van der Waals surface area contributed by atoms with Crippen molar-refractivity contribution in [3.63, 3.8) is 0 Å². The van der Waals surface area contributed by atoms with E-state index in [-0.39, 0.29) is 18.0 Å². The highest BCUT2D eigenvalue weighted by atomic mass is 16.4. The van der Waals surface area contributed by atoms with Crippen molar-refractivity contribution in [1.82, 2.24) is 10.6 Å². The summed E-state index contributed by atoms with van der Waals surface area (Å²) in [6.45, 7) is 0.880. The number of amides is 1. The molecule has 2 fully saturated rings. The topological polar surface area (TPSA) is 78.4 Å². The zero-order chi connectivity index (χ0) is 12.3. The van der Waals surface area contributed by atoms with Gasteiger partial charge in [0.05, 0.1) is 12.0 Å². The number of rotatable bonds is 3. The van der Waals surface area contributed by atoms with Crippen LogP contribution in [-0.2, 0) is 9.59 Å². The summed E-state index contributed by atoms with van der Waals surface area (Å²) >= 11 is 0. The number of piperidine rings is 1. The first-order chi connectivity index (χ1) is 8.18. The number of aliphatic carboxylic acids is 1. The van der Waals surface area contributed by atoms with Crippen LogP contribution >= 0.6 is 0 Å². The highest BCUT2D eigenvalue weighted by molar-refractivity contribution is 5.83. The second-order valence-electron chi connectivity index (χ2n) is 4.99. The van der Waals surface area contributed by atoms with E-state index in [1.54, 1.807) is 0 Å². The number of hydrogen-bond acceptors (Lipinski definition) is 3. The van der Waals surface area contributed by atoms with Crippen LogP contribution in [0.1, 0.15) is 38.5 Å². The van der Waals surface area contributed by atoms with E-state index in [1.165, 1.54) is 0 Å². The minimum Gasteiger partial charge on any atom is -0.481 e. The lowest BCUT2D eigenvalue weighted by Gasteiger charge is -2.25. The van der Waals surface area contributed by atoms with Crippen molar-refractivity contribution >= 4 is 11.9 Å². The van der Waals surface area contributed by atoms with Crippen molar-refractivity contribution in [1.29, 1.82) is 0 Å². The molecule has 2 aliphatic rings. The molecule has 3 N–H and O–H groups in total.